The number of hydrogen-bond donors (Lipinski definition) is 0. The van der Waals surface area contributed by atoms with Crippen molar-refractivity contribution < 1.29 is 14.4 Å². The van der Waals surface area contributed by atoms with E-state index in [1.807, 2.05) is 0 Å². The molecule has 0 aliphatic rings. The van der Waals surface area contributed by atoms with Gasteiger partial charge in [0.25, 0.3) is 5.69 Å². The van der Waals surface area contributed by atoms with E-state index in [9.17, 15) is 10.1 Å². The zero-order valence-corrected chi connectivity index (χ0v) is 11.0. The first-order valence-corrected chi connectivity index (χ1v) is 5.79. The van der Waals surface area contributed by atoms with Gasteiger partial charge < -0.3 is 9.47 Å². The van der Waals surface area contributed by atoms with Crippen LogP contribution in [0, 0.1) is 10.1 Å². The third-order valence-electron chi connectivity index (χ3n) is 2.69. The van der Waals surface area contributed by atoms with E-state index in [4.69, 9.17) is 9.47 Å². The van der Waals surface area contributed by atoms with E-state index < -0.39 is 11.2 Å². The second kappa shape index (κ2) is 6.18. The van der Waals surface area contributed by atoms with Gasteiger partial charge in [-0.15, -0.1) is 0 Å². The molecule has 0 unspecified atom stereocenters. The van der Waals surface area contributed by atoms with E-state index in [0.29, 0.717) is 11.3 Å². The lowest BCUT2D eigenvalue weighted by molar-refractivity contribution is -0.384. The smallest absolute Gasteiger partial charge is 0.280 e. The Bertz CT molecular complexity index is 614. The second-order valence-electron chi connectivity index (χ2n) is 3.88. The minimum absolute atomic E-state index is 0.0453. The van der Waals surface area contributed by atoms with Gasteiger partial charge in [-0.25, -0.2) is 9.97 Å². The molecule has 0 bridgehead atoms. The molecule has 1 aromatic heterocycles. The third kappa shape index (κ3) is 2.79. The van der Waals surface area contributed by atoms with Crippen LogP contribution in [0.5, 0.6) is 0 Å². The second-order valence-corrected chi connectivity index (χ2v) is 3.88. The zero-order chi connectivity index (χ0) is 14.5. The van der Waals surface area contributed by atoms with Gasteiger partial charge in [-0.1, -0.05) is 12.1 Å². The van der Waals surface area contributed by atoms with Crippen LogP contribution in [0.4, 0.5) is 5.69 Å². The molecule has 0 atom stereocenters. The fourth-order valence-corrected chi connectivity index (χ4v) is 1.79. The molecule has 0 radical (unpaired) electrons. The highest BCUT2D eigenvalue weighted by molar-refractivity contribution is 5.67. The van der Waals surface area contributed by atoms with Crippen molar-refractivity contribution in [3.05, 3.63) is 52.3 Å². The molecular formula is C13H13N3O4. The molecule has 0 aliphatic heterocycles. The van der Waals surface area contributed by atoms with E-state index >= 15 is 0 Å². The molecule has 0 N–H and O–H groups in total. The number of nitro benzene ring substituents is 1. The zero-order valence-electron chi connectivity index (χ0n) is 11.0. The molecule has 0 aliphatic carbocycles. The summed E-state index contributed by atoms with van der Waals surface area (Å²) < 4.78 is 10.2. The van der Waals surface area contributed by atoms with Crippen LogP contribution in [0.2, 0.25) is 0 Å². The van der Waals surface area contributed by atoms with E-state index in [2.05, 4.69) is 9.97 Å². The summed E-state index contributed by atoms with van der Waals surface area (Å²) in [5, 5.41) is 11.0. The number of nitrogens with zero attached hydrogens (tertiary/aromatic N) is 3. The monoisotopic (exact) mass is 275 g/mol. The maximum atomic E-state index is 11.0. The summed E-state index contributed by atoms with van der Waals surface area (Å²) in [4.78, 5) is 18.9. The number of ether oxygens (including phenoxy) is 2. The van der Waals surface area contributed by atoms with E-state index in [-0.39, 0.29) is 11.5 Å². The van der Waals surface area contributed by atoms with Crippen LogP contribution in [0.15, 0.2) is 36.5 Å². The number of rotatable bonds is 5. The van der Waals surface area contributed by atoms with Gasteiger partial charge in [-0.2, -0.15) is 0 Å². The van der Waals surface area contributed by atoms with Crippen LogP contribution in [0.25, 0.3) is 11.4 Å². The number of methoxy groups -OCH3 is 2. The van der Waals surface area contributed by atoms with Crippen molar-refractivity contribution in [2.45, 2.75) is 6.29 Å². The average Bonchev–Trinajstić information content (AvgIpc) is 2.49. The Labute approximate surface area is 115 Å². The lowest BCUT2D eigenvalue weighted by atomic mass is 10.1. The molecule has 0 saturated carbocycles. The van der Waals surface area contributed by atoms with Crippen molar-refractivity contribution in [2.24, 2.45) is 0 Å². The van der Waals surface area contributed by atoms with Crippen molar-refractivity contribution in [3.8, 4) is 11.4 Å². The van der Waals surface area contributed by atoms with Crippen LogP contribution in [0.1, 0.15) is 12.0 Å². The largest absolute Gasteiger partial charge is 0.350 e. The maximum Gasteiger partial charge on any atom is 0.280 e. The molecule has 0 amide bonds. The first-order chi connectivity index (χ1) is 9.67. The van der Waals surface area contributed by atoms with Gasteiger partial charge in [-0.3, -0.25) is 10.1 Å². The number of aromatic nitrogens is 2. The molecule has 1 heterocycles. The predicted octanol–water partition coefficient (Wildman–Crippen LogP) is 2.34. The molecule has 2 aromatic rings. The van der Waals surface area contributed by atoms with Crippen LogP contribution in [-0.2, 0) is 9.47 Å². The molecule has 7 heteroatoms. The van der Waals surface area contributed by atoms with Gasteiger partial charge in [0.2, 0.25) is 6.29 Å². The Morgan fingerprint density at radius 2 is 1.90 bits per heavy atom. The highest BCUT2D eigenvalue weighted by Crippen LogP contribution is 2.27. The summed E-state index contributed by atoms with van der Waals surface area (Å²) in [5.41, 5.74) is 0.805. The van der Waals surface area contributed by atoms with Crippen molar-refractivity contribution >= 4 is 5.69 Å². The van der Waals surface area contributed by atoms with Gasteiger partial charge >= 0.3 is 0 Å². The van der Waals surface area contributed by atoms with Gasteiger partial charge in [-0.05, 0) is 12.1 Å². The summed E-state index contributed by atoms with van der Waals surface area (Å²) in [7, 11) is 2.97. The number of para-hydroxylation sites is 1. The summed E-state index contributed by atoms with van der Waals surface area (Å²) in [6, 6.07) is 7.94. The Hall–Kier alpha value is -2.38. The third-order valence-corrected chi connectivity index (χ3v) is 2.69. The molecule has 20 heavy (non-hydrogen) atoms. The molecular weight excluding hydrogens is 262 g/mol. The molecule has 104 valence electrons. The Morgan fingerprint density at radius 1 is 1.20 bits per heavy atom. The maximum absolute atomic E-state index is 11.0. The SMILES string of the molecule is COC(OC)c1ccnc(-c2ccccc2[N+](=O)[O-])n1. The molecule has 0 spiro atoms. The van der Waals surface area contributed by atoms with Gasteiger partial charge in [0.1, 0.15) is 5.69 Å². The lowest BCUT2D eigenvalue weighted by Gasteiger charge is -2.13. The van der Waals surface area contributed by atoms with E-state index in [0.717, 1.165) is 0 Å². The molecule has 0 fully saturated rings. The summed E-state index contributed by atoms with van der Waals surface area (Å²) in [6.45, 7) is 0. The Balaban J connectivity index is 2.49. The minimum atomic E-state index is -0.639. The van der Waals surface area contributed by atoms with Crippen molar-refractivity contribution in [1.82, 2.24) is 9.97 Å². The highest BCUT2D eigenvalue weighted by atomic mass is 16.7. The van der Waals surface area contributed by atoms with Crippen LogP contribution in [0.3, 0.4) is 0 Å². The summed E-state index contributed by atoms with van der Waals surface area (Å²) in [6.07, 6.45) is 0.874. The fraction of sp³-hybridized carbons (Fsp3) is 0.231. The highest BCUT2D eigenvalue weighted by Gasteiger charge is 2.18. The Morgan fingerprint density at radius 3 is 2.55 bits per heavy atom. The topological polar surface area (TPSA) is 87.4 Å². The van der Waals surface area contributed by atoms with Crippen LogP contribution < -0.4 is 0 Å². The number of nitro groups is 1. The van der Waals surface area contributed by atoms with Gasteiger partial charge in [0.15, 0.2) is 5.82 Å². The molecule has 7 nitrogen and oxygen atoms in total. The van der Waals surface area contributed by atoms with Crippen molar-refractivity contribution in [3.63, 3.8) is 0 Å². The molecule has 2 rings (SSSR count). The molecule has 1 aromatic carbocycles. The Kier molecular flexibility index (Phi) is 4.34. The normalized spacial score (nSPS) is 10.8. The van der Waals surface area contributed by atoms with Crippen molar-refractivity contribution in [2.75, 3.05) is 14.2 Å². The van der Waals surface area contributed by atoms with Crippen LogP contribution >= 0.6 is 0 Å². The first-order valence-electron chi connectivity index (χ1n) is 5.79. The summed E-state index contributed by atoms with van der Waals surface area (Å²) in [5.74, 6) is 0.258. The molecule has 0 saturated heterocycles. The predicted molar refractivity (Wildman–Crippen MR) is 70.9 cm³/mol. The average molecular weight is 275 g/mol. The lowest BCUT2D eigenvalue weighted by Crippen LogP contribution is -2.07. The van der Waals surface area contributed by atoms with Gasteiger partial charge in [0, 0.05) is 26.5 Å². The number of hydrogen-bond acceptors (Lipinski definition) is 6. The summed E-state index contributed by atoms with van der Waals surface area (Å²) >= 11 is 0. The standard InChI is InChI=1S/C13H13N3O4/c1-19-13(20-2)10-7-8-14-12(15-10)9-5-3-4-6-11(9)16(17)18/h3-8,13H,1-2H3. The van der Waals surface area contributed by atoms with Gasteiger partial charge in [0.05, 0.1) is 10.5 Å². The fourth-order valence-electron chi connectivity index (χ4n) is 1.79. The van der Waals surface area contributed by atoms with E-state index in [1.54, 1.807) is 24.3 Å². The minimum Gasteiger partial charge on any atom is -0.350 e. The van der Waals surface area contributed by atoms with Crippen molar-refractivity contribution in [1.29, 1.82) is 0 Å². The van der Waals surface area contributed by atoms with Crippen LogP contribution in [-0.4, -0.2) is 29.1 Å². The quantitative estimate of drug-likeness (QED) is 0.473. The van der Waals surface area contributed by atoms with E-state index in [1.165, 1.54) is 26.5 Å². The number of benzene rings is 1. The first kappa shape index (κ1) is 14.0.